The van der Waals surface area contributed by atoms with Gasteiger partial charge in [0.1, 0.15) is 5.82 Å². The first kappa shape index (κ1) is 18.8. The van der Waals surface area contributed by atoms with Crippen molar-refractivity contribution in [3.8, 4) is 0 Å². The van der Waals surface area contributed by atoms with Crippen molar-refractivity contribution in [2.75, 3.05) is 19.4 Å². The highest BCUT2D eigenvalue weighted by molar-refractivity contribution is 7.08. The summed E-state index contributed by atoms with van der Waals surface area (Å²) in [5.74, 6) is -1.28. The van der Waals surface area contributed by atoms with E-state index in [-0.39, 0.29) is 23.9 Å². The van der Waals surface area contributed by atoms with E-state index in [1.807, 2.05) is 45.9 Å². The lowest BCUT2D eigenvalue weighted by Crippen LogP contribution is -2.23. The maximum absolute atomic E-state index is 13.9. The van der Waals surface area contributed by atoms with Crippen LogP contribution in [0.3, 0.4) is 0 Å². The summed E-state index contributed by atoms with van der Waals surface area (Å²) >= 11 is 1.58. The van der Waals surface area contributed by atoms with Crippen LogP contribution < -0.4 is 5.32 Å². The van der Waals surface area contributed by atoms with Gasteiger partial charge in [-0.05, 0) is 52.7 Å². The zero-order valence-electron chi connectivity index (χ0n) is 15.1. The lowest BCUT2D eigenvalue weighted by Gasteiger charge is -2.18. The van der Waals surface area contributed by atoms with Gasteiger partial charge < -0.3 is 14.8 Å². The lowest BCUT2D eigenvalue weighted by molar-refractivity contribution is -0.116. The molecule has 3 rings (SSSR count). The maximum Gasteiger partial charge on any atom is 0.256 e. The third kappa shape index (κ3) is 4.43. The number of carbonyl (C=O) groups is 2. The topological polar surface area (TPSA) is 54.3 Å². The van der Waals surface area contributed by atoms with Gasteiger partial charge in [-0.3, -0.25) is 9.59 Å². The van der Waals surface area contributed by atoms with Crippen molar-refractivity contribution in [1.29, 1.82) is 0 Å². The van der Waals surface area contributed by atoms with Gasteiger partial charge in [0.05, 0.1) is 18.0 Å². The summed E-state index contributed by atoms with van der Waals surface area (Å²) in [6.07, 6.45) is 4.06. The number of hydrogen-bond donors (Lipinski definition) is 1. The highest BCUT2D eigenvalue weighted by Gasteiger charge is 2.19. The highest BCUT2D eigenvalue weighted by Crippen LogP contribution is 2.25. The molecular weight excluding hydrogens is 365 g/mol. The standard InChI is InChI=1S/C20H20FN3O2S/c1-23(2)20(26)16-11-15(5-6-17(16)21)22-19(25)12-18(14-7-10-27-13-14)24-8-3-4-9-24/h3-11,13,18H,12H2,1-2H3,(H,22,25)/t18-/m0/s1. The molecule has 3 aromatic rings. The number of nitrogens with one attached hydrogen (secondary N) is 1. The second-order valence-electron chi connectivity index (χ2n) is 6.35. The SMILES string of the molecule is CN(C)C(=O)c1cc(NC(=O)C[C@@H](c2ccsc2)n2cccc2)ccc1F. The second kappa shape index (κ2) is 8.18. The van der Waals surface area contributed by atoms with E-state index < -0.39 is 11.7 Å². The van der Waals surface area contributed by atoms with Crippen LogP contribution in [0.2, 0.25) is 0 Å². The molecule has 0 aliphatic rings. The Balaban J connectivity index is 1.77. The number of thiophene rings is 1. The van der Waals surface area contributed by atoms with Crippen molar-refractivity contribution in [3.63, 3.8) is 0 Å². The molecule has 1 aromatic carbocycles. The number of halogens is 1. The summed E-state index contributed by atoms with van der Waals surface area (Å²) in [5, 5.41) is 6.76. The largest absolute Gasteiger partial charge is 0.346 e. The third-order valence-corrected chi connectivity index (χ3v) is 4.88. The monoisotopic (exact) mass is 385 g/mol. The Morgan fingerprint density at radius 2 is 1.96 bits per heavy atom. The van der Waals surface area contributed by atoms with E-state index in [9.17, 15) is 14.0 Å². The maximum atomic E-state index is 13.9. The predicted molar refractivity (Wildman–Crippen MR) is 105 cm³/mol. The van der Waals surface area contributed by atoms with E-state index in [0.29, 0.717) is 5.69 Å². The van der Waals surface area contributed by atoms with Crippen LogP contribution in [-0.2, 0) is 4.79 Å². The molecule has 0 unspecified atom stereocenters. The molecule has 0 saturated heterocycles. The fraction of sp³-hybridized carbons (Fsp3) is 0.200. The first-order chi connectivity index (χ1) is 13.0. The van der Waals surface area contributed by atoms with Crippen molar-refractivity contribution >= 4 is 28.8 Å². The molecule has 0 aliphatic heterocycles. The molecule has 27 heavy (non-hydrogen) atoms. The highest BCUT2D eigenvalue weighted by atomic mass is 32.1. The molecule has 0 saturated carbocycles. The molecule has 5 nitrogen and oxygen atoms in total. The van der Waals surface area contributed by atoms with Crippen LogP contribution in [0.15, 0.2) is 59.6 Å². The van der Waals surface area contributed by atoms with Crippen molar-refractivity contribution in [3.05, 3.63) is 76.5 Å². The van der Waals surface area contributed by atoms with Crippen LogP contribution in [0, 0.1) is 5.82 Å². The van der Waals surface area contributed by atoms with E-state index in [4.69, 9.17) is 0 Å². The number of aromatic nitrogens is 1. The van der Waals surface area contributed by atoms with Crippen LogP contribution in [0.1, 0.15) is 28.4 Å². The van der Waals surface area contributed by atoms with E-state index >= 15 is 0 Å². The second-order valence-corrected chi connectivity index (χ2v) is 7.13. The molecule has 0 fully saturated rings. The number of benzene rings is 1. The van der Waals surface area contributed by atoms with Gasteiger partial charge in [0.15, 0.2) is 0 Å². The van der Waals surface area contributed by atoms with Crippen LogP contribution >= 0.6 is 11.3 Å². The first-order valence-electron chi connectivity index (χ1n) is 8.41. The number of carbonyl (C=O) groups excluding carboxylic acids is 2. The summed E-state index contributed by atoms with van der Waals surface area (Å²) in [6, 6.07) is 9.70. The number of anilines is 1. The Morgan fingerprint density at radius 3 is 2.59 bits per heavy atom. The third-order valence-electron chi connectivity index (χ3n) is 4.18. The fourth-order valence-corrected chi connectivity index (χ4v) is 3.52. The van der Waals surface area contributed by atoms with Gasteiger partial charge in [0.2, 0.25) is 5.91 Å². The normalized spacial score (nSPS) is 11.8. The summed E-state index contributed by atoms with van der Waals surface area (Å²) in [5.41, 5.74) is 1.37. The summed E-state index contributed by atoms with van der Waals surface area (Å²) in [7, 11) is 3.10. The molecule has 1 atom stereocenters. The van der Waals surface area contributed by atoms with Gasteiger partial charge in [-0.2, -0.15) is 11.3 Å². The Kier molecular flexibility index (Phi) is 5.71. The molecule has 0 radical (unpaired) electrons. The zero-order valence-corrected chi connectivity index (χ0v) is 15.9. The lowest BCUT2D eigenvalue weighted by atomic mass is 10.1. The Labute approximate surface area is 161 Å². The predicted octanol–water partition coefficient (Wildman–Crippen LogP) is 4.01. The number of nitrogens with zero attached hydrogens (tertiary/aromatic N) is 2. The van der Waals surface area contributed by atoms with E-state index in [2.05, 4.69) is 5.32 Å². The minimum absolute atomic E-state index is 0.0717. The van der Waals surface area contributed by atoms with Gasteiger partial charge in [0, 0.05) is 32.2 Å². The number of rotatable bonds is 6. The molecule has 1 N–H and O–H groups in total. The van der Waals surface area contributed by atoms with Crippen LogP contribution in [0.4, 0.5) is 10.1 Å². The van der Waals surface area contributed by atoms with Crippen LogP contribution in [-0.4, -0.2) is 35.4 Å². The molecule has 2 aromatic heterocycles. The molecule has 140 valence electrons. The molecular formula is C20H20FN3O2S. The van der Waals surface area contributed by atoms with Gasteiger partial charge in [-0.1, -0.05) is 0 Å². The minimum Gasteiger partial charge on any atom is -0.346 e. The number of amides is 2. The van der Waals surface area contributed by atoms with Crippen LogP contribution in [0.5, 0.6) is 0 Å². The number of hydrogen-bond acceptors (Lipinski definition) is 3. The molecule has 7 heteroatoms. The van der Waals surface area contributed by atoms with E-state index in [1.54, 1.807) is 25.4 Å². The van der Waals surface area contributed by atoms with Crippen molar-refractivity contribution in [2.24, 2.45) is 0 Å². The van der Waals surface area contributed by atoms with E-state index in [1.165, 1.54) is 23.1 Å². The van der Waals surface area contributed by atoms with E-state index in [0.717, 1.165) is 5.56 Å². The van der Waals surface area contributed by atoms with Crippen molar-refractivity contribution < 1.29 is 14.0 Å². The quantitative estimate of drug-likeness (QED) is 0.697. The molecule has 0 aliphatic carbocycles. The average Bonchev–Trinajstić information content (AvgIpc) is 3.34. The molecule has 0 bridgehead atoms. The van der Waals surface area contributed by atoms with Crippen molar-refractivity contribution in [2.45, 2.75) is 12.5 Å². The average molecular weight is 385 g/mol. The van der Waals surface area contributed by atoms with Gasteiger partial charge in [0.25, 0.3) is 5.91 Å². The molecule has 2 amide bonds. The Hall–Kier alpha value is -2.93. The van der Waals surface area contributed by atoms with Crippen molar-refractivity contribution in [1.82, 2.24) is 9.47 Å². The Bertz CT molecular complexity index is 887. The molecule has 2 heterocycles. The Morgan fingerprint density at radius 1 is 1.22 bits per heavy atom. The summed E-state index contributed by atoms with van der Waals surface area (Å²) in [6.45, 7) is 0. The minimum atomic E-state index is -0.616. The molecule has 0 spiro atoms. The van der Waals surface area contributed by atoms with Gasteiger partial charge in [-0.25, -0.2) is 4.39 Å². The smallest absolute Gasteiger partial charge is 0.256 e. The first-order valence-corrected chi connectivity index (χ1v) is 9.35. The zero-order chi connectivity index (χ0) is 19.4. The van der Waals surface area contributed by atoms with Gasteiger partial charge >= 0.3 is 0 Å². The fourth-order valence-electron chi connectivity index (χ4n) is 2.81. The summed E-state index contributed by atoms with van der Waals surface area (Å²) in [4.78, 5) is 26.0. The summed E-state index contributed by atoms with van der Waals surface area (Å²) < 4.78 is 15.9. The van der Waals surface area contributed by atoms with Gasteiger partial charge in [-0.15, -0.1) is 0 Å². The van der Waals surface area contributed by atoms with Crippen LogP contribution in [0.25, 0.3) is 0 Å².